The molecule has 0 bridgehead atoms. The van der Waals surface area contributed by atoms with Crippen LogP contribution in [0.3, 0.4) is 0 Å². The SMILES string of the molecule is CCCCCCCCCCCC/C=C/CC/C=C/CC/C=C/CCCC(O)C(O)C(COC1OC(CO)C(O)C(O)C1O)NC(=O)C(O)CCCCCCCCCCCCCCCCCC/C=C\C/C=C\CCCCCCCCCCCCCCCCC. The van der Waals surface area contributed by atoms with Crippen LogP contribution in [0.1, 0.15) is 354 Å². The molecular formula is C77H143NO10. The number of aliphatic hydroxyl groups excluding tert-OH is 7. The van der Waals surface area contributed by atoms with Gasteiger partial charge in [-0.05, 0) is 96.3 Å². The highest BCUT2D eigenvalue weighted by molar-refractivity contribution is 5.80. The topological polar surface area (TPSA) is 189 Å². The molecule has 0 spiro atoms. The Morgan fingerprint density at radius 1 is 0.398 bits per heavy atom. The van der Waals surface area contributed by atoms with Crippen LogP contribution in [0.5, 0.6) is 0 Å². The number of amides is 1. The van der Waals surface area contributed by atoms with Crippen LogP contribution in [-0.4, -0.2) is 110 Å². The number of hydrogen-bond acceptors (Lipinski definition) is 10. The highest BCUT2D eigenvalue weighted by Crippen LogP contribution is 2.24. The molecule has 516 valence electrons. The third-order valence-corrected chi connectivity index (χ3v) is 18.0. The summed E-state index contributed by atoms with van der Waals surface area (Å²) < 4.78 is 11.2. The van der Waals surface area contributed by atoms with Crippen LogP contribution in [0.15, 0.2) is 60.8 Å². The highest BCUT2D eigenvalue weighted by atomic mass is 16.7. The first-order valence-corrected chi connectivity index (χ1v) is 37.7. The second-order valence-corrected chi connectivity index (χ2v) is 26.3. The lowest BCUT2D eigenvalue weighted by Crippen LogP contribution is -2.60. The number of unbranched alkanes of at least 4 members (excludes halogenated alkanes) is 44. The molecule has 0 aliphatic carbocycles. The number of carbonyl (C=O) groups is 1. The minimum Gasteiger partial charge on any atom is -0.394 e. The molecule has 1 rings (SSSR count). The fraction of sp³-hybridized carbons (Fsp3) is 0.857. The Labute approximate surface area is 542 Å². The second-order valence-electron chi connectivity index (χ2n) is 26.3. The normalized spacial score (nSPS) is 18.9. The molecule has 0 radical (unpaired) electrons. The van der Waals surface area contributed by atoms with Crippen LogP contribution in [0.25, 0.3) is 0 Å². The standard InChI is InChI=1S/C77H143NO10/c1-3-5-7-9-11-13-15-17-19-21-23-25-27-28-29-30-31-32-33-34-35-36-37-38-39-40-41-43-45-47-49-51-53-55-57-59-61-63-65-70(81)76(86)78-68(67-87-77-75(85)74(84)73(83)71(66-79)88-77)72(82)69(80)64-62-60-58-56-54-52-50-48-46-44-42-26-24-22-20-18-16-14-12-10-8-6-4-2/h26,31-32,34-35,42,48,50,56,58,68-75,77,79-85H,3-25,27-30,33,36-41,43-47,49,51-55,57,59-67H2,1-2H3,(H,78,86)/b32-31-,35-34-,42-26+,50-48+,58-56+. The van der Waals surface area contributed by atoms with E-state index in [4.69, 9.17) is 9.47 Å². The smallest absolute Gasteiger partial charge is 0.249 e. The summed E-state index contributed by atoms with van der Waals surface area (Å²) in [4.78, 5) is 13.3. The van der Waals surface area contributed by atoms with E-state index in [9.17, 15) is 40.5 Å². The Hall–Kier alpha value is -2.19. The van der Waals surface area contributed by atoms with Crippen molar-refractivity contribution in [3.63, 3.8) is 0 Å². The lowest BCUT2D eigenvalue weighted by molar-refractivity contribution is -0.303. The van der Waals surface area contributed by atoms with Crippen molar-refractivity contribution in [2.45, 2.75) is 409 Å². The van der Waals surface area contributed by atoms with Crippen molar-refractivity contribution in [3.8, 4) is 0 Å². The molecule has 1 fully saturated rings. The summed E-state index contributed by atoms with van der Waals surface area (Å²) in [6.45, 7) is 3.48. The fourth-order valence-corrected chi connectivity index (χ4v) is 12.0. The van der Waals surface area contributed by atoms with Crippen molar-refractivity contribution in [2.24, 2.45) is 0 Å². The van der Waals surface area contributed by atoms with Crippen LogP contribution in [0.2, 0.25) is 0 Å². The van der Waals surface area contributed by atoms with Crippen molar-refractivity contribution in [2.75, 3.05) is 13.2 Å². The molecule has 0 aromatic carbocycles. The average molecular weight is 1240 g/mol. The zero-order valence-electron chi connectivity index (χ0n) is 57.2. The van der Waals surface area contributed by atoms with E-state index in [0.717, 1.165) is 51.4 Å². The van der Waals surface area contributed by atoms with E-state index in [2.05, 4.69) is 79.9 Å². The molecule has 9 unspecified atom stereocenters. The summed E-state index contributed by atoms with van der Waals surface area (Å²) in [5.74, 6) is -0.709. The van der Waals surface area contributed by atoms with E-state index in [1.165, 1.54) is 257 Å². The molecule has 1 aliphatic heterocycles. The van der Waals surface area contributed by atoms with E-state index in [0.29, 0.717) is 19.3 Å². The lowest BCUT2D eigenvalue weighted by Gasteiger charge is -2.40. The predicted octanol–water partition coefficient (Wildman–Crippen LogP) is 18.9. The molecule has 88 heavy (non-hydrogen) atoms. The van der Waals surface area contributed by atoms with Crippen LogP contribution in [0.4, 0.5) is 0 Å². The molecule has 1 aliphatic rings. The van der Waals surface area contributed by atoms with Gasteiger partial charge in [-0.15, -0.1) is 0 Å². The number of rotatable bonds is 66. The van der Waals surface area contributed by atoms with Crippen LogP contribution in [0, 0.1) is 0 Å². The maximum Gasteiger partial charge on any atom is 0.249 e. The quantitative estimate of drug-likeness (QED) is 0.0215. The average Bonchev–Trinajstić information content (AvgIpc) is 2.77. The van der Waals surface area contributed by atoms with Gasteiger partial charge in [0.2, 0.25) is 5.91 Å². The number of nitrogens with one attached hydrogen (secondary N) is 1. The molecule has 0 aromatic heterocycles. The number of hydrogen-bond donors (Lipinski definition) is 8. The van der Waals surface area contributed by atoms with Crippen molar-refractivity contribution >= 4 is 5.91 Å². The minimum absolute atomic E-state index is 0.240. The second kappa shape index (κ2) is 64.9. The summed E-state index contributed by atoms with van der Waals surface area (Å²) in [7, 11) is 0. The molecule has 8 N–H and O–H groups in total. The van der Waals surface area contributed by atoms with Gasteiger partial charge < -0.3 is 50.5 Å². The number of carbonyl (C=O) groups excluding carboxylic acids is 1. The van der Waals surface area contributed by atoms with Crippen LogP contribution < -0.4 is 5.32 Å². The zero-order valence-corrected chi connectivity index (χ0v) is 57.2. The minimum atomic E-state index is -1.68. The summed E-state index contributed by atoms with van der Waals surface area (Å²) in [6, 6.07) is -1.20. The summed E-state index contributed by atoms with van der Waals surface area (Å²) in [5, 5.41) is 76.5. The molecule has 1 heterocycles. The molecule has 9 atom stereocenters. The Kier molecular flexibility index (Phi) is 61.8. The van der Waals surface area contributed by atoms with Gasteiger partial charge in [0.15, 0.2) is 6.29 Å². The van der Waals surface area contributed by atoms with Gasteiger partial charge in [0.05, 0.1) is 25.4 Å². The van der Waals surface area contributed by atoms with Crippen molar-refractivity contribution in [1.82, 2.24) is 5.32 Å². The largest absolute Gasteiger partial charge is 0.394 e. The summed E-state index contributed by atoms with van der Waals surface area (Å²) in [6.07, 6.45) is 76.1. The number of aliphatic hydroxyl groups is 7. The third kappa shape index (κ3) is 51.3. The van der Waals surface area contributed by atoms with E-state index in [-0.39, 0.29) is 12.8 Å². The predicted molar refractivity (Wildman–Crippen MR) is 371 cm³/mol. The first-order valence-electron chi connectivity index (χ1n) is 37.7. The van der Waals surface area contributed by atoms with E-state index in [1.54, 1.807) is 0 Å². The molecule has 11 nitrogen and oxygen atoms in total. The van der Waals surface area contributed by atoms with E-state index in [1.807, 2.05) is 0 Å². The Morgan fingerprint density at radius 2 is 0.716 bits per heavy atom. The van der Waals surface area contributed by atoms with E-state index >= 15 is 0 Å². The molecule has 0 saturated carbocycles. The Morgan fingerprint density at radius 3 is 1.08 bits per heavy atom. The molecule has 11 heteroatoms. The van der Waals surface area contributed by atoms with Gasteiger partial charge in [-0.25, -0.2) is 0 Å². The number of allylic oxidation sites excluding steroid dienone is 10. The van der Waals surface area contributed by atoms with Gasteiger partial charge in [-0.2, -0.15) is 0 Å². The van der Waals surface area contributed by atoms with Gasteiger partial charge in [0.25, 0.3) is 0 Å². The highest BCUT2D eigenvalue weighted by Gasteiger charge is 2.44. The fourth-order valence-electron chi connectivity index (χ4n) is 12.0. The first-order chi connectivity index (χ1) is 43.2. The van der Waals surface area contributed by atoms with Gasteiger partial charge >= 0.3 is 0 Å². The first kappa shape index (κ1) is 83.8. The van der Waals surface area contributed by atoms with E-state index < -0.39 is 74.2 Å². The summed E-state index contributed by atoms with van der Waals surface area (Å²) in [5.41, 5.74) is 0. The van der Waals surface area contributed by atoms with Gasteiger partial charge in [-0.3, -0.25) is 4.79 Å². The van der Waals surface area contributed by atoms with Crippen molar-refractivity contribution < 1.29 is 50.0 Å². The molecule has 0 aromatic rings. The molecule has 1 saturated heterocycles. The van der Waals surface area contributed by atoms with Gasteiger partial charge in [0, 0.05) is 0 Å². The van der Waals surface area contributed by atoms with Crippen molar-refractivity contribution in [1.29, 1.82) is 0 Å². The maximum absolute atomic E-state index is 13.3. The third-order valence-electron chi connectivity index (χ3n) is 18.0. The van der Waals surface area contributed by atoms with Crippen molar-refractivity contribution in [3.05, 3.63) is 60.8 Å². The Balaban J connectivity index is 2.17. The van der Waals surface area contributed by atoms with Gasteiger partial charge in [0.1, 0.15) is 36.6 Å². The maximum atomic E-state index is 13.3. The van der Waals surface area contributed by atoms with Crippen LogP contribution in [-0.2, 0) is 14.3 Å². The van der Waals surface area contributed by atoms with Gasteiger partial charge in [-0.1, -0.05) is 319 Å². The molecular weight excluding hydrogens is 1100 g/mol. The zero-order chi connectivity index (χ0) is 63.9. The summed E-state index contributed by atoms with van der Waals surface area (Å²) >= 11 is 0. The number of ether oxygens (including phenoxy) is 2. The molecule has 1 amide bonds. The lowest BCUT2D eigenvalue weighted by atomic mass is 9.98. The Bertz CT molecular complexity index is 1620. The van der Waals surface area contributed by atoms with Crippen LogP contribution >= 0.6 is 0 Å². The monoisotopic (exact) mass is 1240 g/mol.